The maximum Gasteiger partial charge on any atom is 0.342 e. The Morgan fingerprint density at radius 1 is 1.31 bits per heavy atom. The lowest BCUT2D eigenvalue weighted by molar-refractivity contribution is -0.0273. The van der Waals surface area contributed by atoms with Crippen molar-refractivity contribution in [1.29, 1.82) is 0 Å². The number of hydrogen-bond donors (Lipinski definition) is 4. The molecule has 0 aliphatic carbocycles. The number of aromatic nitrogens is 3. The molecule has 0 spiro atoms. The molecule has 0 saturated carbocycles. The van der Waals surface area contributed by atoms with E-state index in [9.17, 15) is 27.5 Å². The highest BCUT2D eigenvalue weighted by atomic mass is 19.3. The third-order valence-electron chi connectivity index (χ3n) is 5.19. The number of hydrazine groups is 1. The van der Waals surface area contributed by atoms with E-state index in [2.05, 4.69) is 20.4 Å². The summed E-state index contributed by atoms with van der Waals surface area (Å²) in [5.74, 6) is 1.97. The summed E-state index contributed by atoms with van der Waals surface area (Å²) >= 11 is 0. The summed E-state index contributed by atoms with van der Waals surface area (Å²) in [5.41, 5.74) is 4.26. The first-order chi connectivity index (χ1) is 16.9. The fourth-order valence-electron chi connectivity index (χ4n) is 3.20. The standard InChI is InChI=1S/C21H24F4N8O3/c1-10-7-32-15(17(35)30-21(3,9-34)19(26)31-33(27)20(24)25)11(2)29-16(32)18(28-10)36-8-12-13(22)5-4-6-14(12)23/h4-7,20,34H,8-9,27H2,1-3H3,(H2,26,31)(H,30,35). The van der Waals surface area contributed by atoms with Crippen LogP contribution in [-0.2, 0) is 6.61 Å². The number of aliphatic hydroxyl groups excluding tert-OH is 1. The number of imidazole rings is 1. The van der Waals surface area contributed by atoms with Gasteiger partial charge in [-0.25, -0.2) is 24.6 Å². The van der Waals surface area contributed by atoms with E-state index in [1.54, 1.807) is 6.92 Å². The molecule has 0 saturated heterocycles. The molecule has 0 fully saturated rings. The van der Waals surface area contributed by atoms with Gasteiger partial charge in [0.25, 0.3) is 11.8 Å². The van der Waals surface area contributed by atoms with E-state index in [-0.39, 0.29) is 33.6 Å². The van der Waals surface area contributed by atoms with Crippen molar-refractivity contribution < 1.29 is 32.2 Å². The molecule has 36 heavy (non-hydrogen) atoms. The Balaban J connectivity index is 1.96. The summed E-state index contributed by atoms with van der Waals surface area (Å²) in [6.45, 7) is -0.113. The van der Waals surface area contributed by atoms with Crippen molar-refractivity contribution in [2.75, 3.05) is 6.61 Å². The van der Waals surface area contributed by atoms with Crippen molar-refractivity contribution in [1.82, 2.24) is 24.8 Å². The van der Waals surface area contributed by atoms with Crippen LogP contribution in [0.1, 0.15) is 34.4 Å². The van der Waals surface area contributed by atoms with Crippen molar-refractivity contribution in [3.63, 3.8) is 0 Å². The van der Waals surface area contributed by atoms with Crippen LogP contribution in [0.2, 0.25) is 0 Å². The summed E-state index contributed by atoms with van der Waals surface area (Å²) in [4.78, 5) is 21.7. The number of nitrogens with two attached hydrogens (primary N) is 2. The molecular formula is C21H24F4N8O3. The van der Waals surface area contributed by atoms with Gasteiger partial charge in [-0.3, -0.25) is 9.20 Å². The molecule has 3 aromatic rings. The monoisotopic (exact) mass is 512 g/mol. The topological polar surface area (TPSA) is 156 Å². The van der Waals surface area contributed by atoms with Gasteiger partial charge < -0.3 is 20.9 Å². The van der Waals surface area contributed by atoms with E-state index < -0.39 is 48.7 Å². The second-order valence-electron chi connectivity index (χ2n) is 8.00. The SMILES string of the molecule is Cc1cn2c(C(=O)NC(C)(CO)/C(N)=N/N(N)C(F)F)c(C)nc2c(OCc2c(F)cccc2F)n1. The first-order valence-electron chi connectivity index (χ1n) is 10.4. The highest BCUT2D eigenvalue weighted by molar-refractivity contribution is 6.00. The largest absolute Gasteiger partial charge is 0.470 e. The Morgan fingerprint density at radius 2 is 1.94 bits per heavy atom. The molecule has 1 aromatic carbocycles. The van der Waals surface area contributed by atoms with Crippen molar-refractivity contribution in [2.24, 2.45) is 16.7 Å². The highest BCUT2D eigenvalue weighted by Crippen LogP contribution is 2.24. The van der Waals surface area contributed by atoms with Gasteiger partial charge in [-0.05, 0) is 32.9 Å². The van der Waals surface area contributed by atoms with Gasteiger partial charge in [0, 0.05) is 6.20 Å². The van der Waals surface area contributed by atoms with E-state index >= 15 is 0 Å². The number of carbonyl (C=O) groups is 1. The lowest BCUT2D eigenvalue weighted by Gasteiger charge is -2.28. The summed E-state index contributed by atoms with van der Waals surface area (Å²) < 4.78 is 60.3. The summed E-state index contributed by atoms with van der Waals surface area (Å²) in [5, 5.41) is 15.3. The predicted molar refractivity (Wildman–Crippen MR) is 120 cm³/mol. The minimum absolute atomic E-state index is 0.0247. The fraction of sp³-hybridized carbons (Fsp3) is 0.333. The van der Waals surface area contributed by atoms with Gasteiger partial charge in [-0.15, -0.1) is 5.10 Å². The molecule has 0 bridgehead atoms. The Hall–Kier alpha value is -3.98. The zero-order chi connectivity index (χ0) is 26.8. The molecule has 6 N–H and O–H groups in total. The van der Waals surface area contributed by atoms with Crippen LogP contribution >= 0.6 is 0 Å². The first kappa shape index (κ1) is 26.6. The van der Waals surface area contributed by atoms with Crippen LogP contribution in [0.5, 0.6) is 5.88 Å². The molecule has 2 heterocycles. The average molecular weight is 512 g/mol. The minimum atomic E-state index is -3.17. The second kappa shape index (κ2) is 10.3. The highest BCUT2D eigenvalue weighted by Gasteiger charge is 2.34. The molecule has 15 heteroatoms. The summed E-state index contributed by atoms with van der Waals surface area (Å²) in [6, 6.07) is 3.39. The van der Waals surface area contributed by atoms with Gasteiger partial charge in [-0.2, -0.15) is 13.9 Å². The fourth-order valence-corrected chi connectivity index (χ4v) is 3.20. The normalized spacial score (nSPS) is 13.7. The summed E-state index contributed by atoms with van der Waals surface area (Å²) in [6.07, 6.45) is 1.47. The third kappa shape index (κ3) is 5.31. The number of aliphatic hydroxyl groups is 1. The first-order valence-corrected chi connectivity index (χ1v) is 10.4. The molecule has 2 aromatic heterocycles. The Labute approximate surface area is 202 Å². The van der Waals surface area contributed by atoms with Crippen LogP contribution in [-0.4, -0.2) is 55.0 Å². The van der Waals surface area contributed by atoms with E-state index in [1.165, 1.54) is 30.5 Å². The van der Waals surface area contributed by atoms with Crippen LogP contribution in [0.3, 0.4) is 0 Å². The predicted octanol–water partition coefficient (Wildman–Crippen LogP) is 1.35. The number of nitrogens with zero attached hydrogens (tertiary/aromatic N) is 5. The van der Waals surface area contributed by atoms with Crippen molar-refractivity contribution in [2.45, 2.75) is 39.5 Å². The number of alkyl halides is 2. The van der Waals surface area contributed by atoms with Gasteiger partial charge >= 0.3 is 6.55 Å². The number of hydrogen-bond acceptors (Lipinski definition) is 8. The molecule has 0 aliphatic heterocycles. The number of halogens is 4. The smallest absolute Gasteiger partial charge is 0.342 e. The minimum Gasteiger partial charge on any atom is -0.470 e. The van der Waals surface area contributed by atoms with Crippen molar-refractivity contribution in [3.8, 4) is 5.88 Å². The Morgan fingerprint density at radius 3 is 2.53 bits per heavy atom. The molecule has 0 aliphatic rings. The molecule has 1 atom stereocenters. The second-order valence-corrected chi connectivity index (χ2v) is 8.00. The average Bonchev–Trinajstić information content (AvgIpc) is 3.13. The van der Waals surface area contributed by atoms with Gasteiger partial charge in [-0.1, -0.05) is 6.07 Å². The number of benzene rings is 1. The zero-order valence-corrected chi connectivity index (χ0v) is 19.5. The van der Waals surface area contributed by atoms with Crippen LogP contribution in [0.4, 0.5) is 17.6 Å². The number of ether oxygens (including phenoxy) is 1. The number of aryl methyl sites for hydroxylation is 2. The van der Waals surface area contributed by atoms with Gasteiger partial charge in [0.1, 0.15) is 35.3 Å². The molecule has 1 amide bonds. The number of hydrazone groups is 1. The Bertz CT molecular complexity index is 1300. The van der Waals surface area contributed by atoms with E-state index in [1.807, 2.05) is 0 Å². The molecule has 0 radical (unpaired) electrons. The summed E-state index contributed by atoms with van der Waals surface area (Å²) in [7, 11) is 0. The van der Waals surface area contributed by atoms with Crippen LogP contribution in [0, 0.1) is 25.5 Å². The van der Waals surface area contributed by atoms with E-state index in [0.717, 1.165) is 12.1 Å². The van der Waals surface area contributed by atoms with Crippen molar-refractivity contribution >= 4 is 17.4 Å². The van der Waals surface area contributed by atoms with Crippen LogP contribution in [0.15, 0.2) is 29.5 Å². The zero-order valence-electron chi connectivity index (χ0n) is 19.5. The molecule has 11 nitrogen and oxygen atoms in total. The number of nitrogens with one attached hydrogen (secondary N) is 1. The lowest BCUT2D eigenvalue weighted by atomic mass is 10.0. The van der Waals surface area contributed by atoms with Crippen LogP contribution in [0.25, 0.3) is 5.65 Å². The van der Waals surface area contributed by atoms with Gasteiger partial charge in [0.05, 0.1) is 23.6 Å². The van der Waals surface area contributed by atoms with Crippen molar-refractivity contribution in [3.05, 3.63) is 58.7 Å². The van der Waals surface area contributed by atoms with Gasteiger partial charge in [0.2, 0.25) is 5.65 Å². The van der Waals surface area contributed by atoms with E-state index in [4.69, 9.17) is 16.3 Å². The maximum absolute atomic E-state index is 14.0. The number of carbonyl (C=O) groups excluding carboxylic acids is 1. The lowest BCUT2D eigenvalue weighted by Crippen LogP contribution is -2.59. The molecule has 194 valence electrons. The molecule has 3 rings (SSSR count). The Kier molecular flexibility index (Phi) is 7.64. The molecular weight excluding hydrogens is 488 g/mol. The number of amidine groups is 1. The molecule has 1 unspecified atom stereocenters. The number of fused-ring (bicyclic) bond motifs is 1. The quantitative estimate of drug-likeness (QED) is 0.0836. The maximum atomic E-state index is 14.0. The van der Waals surface area contributed by atoms with Gasteiger partial charge in [0.15, 0.2) is 0 Å². The number of amides is 1. The van der Waals surface area contributed by atoms with Crippen LogP contribution < -0.4 is 21.6 Å². The third-order valence-corrected chi connectivity index (χ3v) is 5.19. The number of rotatable bonds is 9. The van der Waals surface area contributed by atoms with E-state index in [0.29, 0.717) is 5.69 Å².